The van der Waals surface area contributed by atoms with Gasteiger partial charge in [0.25, 0.3) is 0 Å². The number of nitrogens with one attached hydrogen (secondary N) is 3. The highest BCUT2D eigenvalue weighted by molar-refractivity contribution is 7.89. The van der Waals surface area contributed by atoms with Crippen LogP contribution in [-0.4, -0.2) is 48.4 Å². The second-order valence-corrected chi connectivity index (χ2v) is 10.8. The Morgan fingerprint density at radius 3 is 2.81 bits per heavy atom. The van der Waals surface area contributed by atoms with Crippen LogP contribution >= 0.6 is 0 Å². The van der Waals surface area contributed by atoms with Crippen LogP contribution in [0.3, 0.4) is 0 Å². The van der Waals surface area contributed by atoms with Crippen LogP contribution in [0.2, 0.25) is 0 Å². The Balaban J connectivity index is 1.46. The van der Waals surface area contributed by atoms with Crippen LogP contribution in [0.1, 0.15) is 42.7 Å². The van der Waals surface area contributed by atoms with Gasteiger partial charge in [0.15, 0.2) is 15.5 Å². The molecule has 3 N–H and O–H groups in total. The lowest BCUT2D eigenvalue weighted by atomic mass is 9.88. The number of sulfone groups is 1. The van der Waals surface area contributed by atoms with E-state index < -0.39 is 9.84 Å². The second kappa shape index (κ2) is 8.12. The molecule has 8 nitrogen and oxygen atoms in total. The molecule has 2 aromatic heterocycles. The molecule has 0 amide bonds. The molecular weight excluding hydrogens is 412 g/mol. The van der Waals surface area contributed by atoms with Crippen molar-refractivity contribution in [3.05, 3.63) is 47.7 Å². The van der Waals surface area contributed by atoms with Gasteiger partial charge in [-0.25, -0.2) is 13.4 Å². The molecule has 2 aliphatic rings. The molecule has 1 aliphatic carbocycles. The van der Waals surface area contributed by atoms with Crippen molar-refractivity contribution in [2.75, 3.05) is 30.0 Å². The highest BCUT2D eigenvalue weighted by Gasteiger charge is 2.23. The van der Waals surface area contributed by atoms with Crippen molar-refractivity contribution in [2.24, 2.45) is 0 Å². The Kier molecular flexibility index (Phi) is 5.31. The first-order valence-corrected chi connectivity index (χ1v) is 12.9. The average molecular weight is 441 g/mol. The molecular formula is C22H28N6O2S. The molecule has 0 spiro atoms. The van der Waals surface area contributed by atoms with Crippen LogP contribution in [0.4, 0.5) is 17.3 Å². The highest BCUT2D eigenvalue weighted by Crippen LogP contribution is 2.31. The van der Waals surface area contributed by atoms with Crippen molar-refractivity contribution >= 4 is 32.8 Å². The van der Waals surface area contributed by atoms with Gasteiger partial charge in [-0.2, -0.15) is 9.61 Å². The first kappa shape index (κ1) is 20.3. The molecule has 31 heavy (non-hydrogen) atoms. The number of hydrogen-bond donors (Lipinski definition) is 3. The van der Waals surface area contributed by atoms with Gasteiger partial charge >= 0.3 is 0 Å². The Morgan fingerprint density at radius 2 is 2.06 bits per heavy atom. The van der Waals surface area contributed by atoms with Crippen molar-refractivity contribution in [1.82, 2.24) is 19.9 Å². The molecule has 1 saturated heterocycles. The topological polar surface area (TPSA) is 100 Å². The predicted molar refractivity (Wildman–Crippen MR) is 123 cm³/mol. The monoisotopic (exact) mass is 440 g/mol. The molecule has 1 aromatic carbocycles. The predicted octanol–water partition coefficient (Wildman–Crippen LogP) is 3.06. The minimum Gasteiger partial charge on any atom is -0.367 e. The fourth-order valence-corrected chi connectivity index (χ4v) is 5.09. The summed E-state index contributed by atoms with van der Waals surface area (Å²) in [6.07, 6.45) is 7.55. The van der Waals surface area contributed by atoms with Crippen molar-refractivity contribution in [3.8, 4) is 0 Å². The zero-order chi connectivity index (χ0) is 21.4. The quantitative estimate of drug-likeness (QED) is 0.519. The largest absolute Gasteiger partial charge is 0.367 e. The average Bonchev–Trinajstić information content (AvgIpc) is 3.41. The minimum atomic E-state index is -3.15. The summed E-state index contributed by atoms with van der Waals surface area (Å²) in [6, 6.07) is 10.4. The van der Waals surface area contributed by atoms with Gasteiger partial charge in [0, 0.05) is 36.7 Å². The highest BCUT2D eigenvalue weighted by atomic mass is 32.2. The summed E-state index contributed by atoms with van der Waals surface area (Å²) in [5.41, 5.74) is 3.58. The molecule has 1 aliphatic heterocycles. The molecule has 3 heterocycles. The molecule has 3 aromatic rings. The number of fused-ring (bicyclic) bond motifs is 1. The van der Waals surface area contributed by atoms with Crippen molar-refractivity contribution in [2.45, 2.75) is 43.4 Å². The fraction of sp³-hybridized carbons (Fsp3) is 0.455. The van der Waals surface area contributed by atoms with Crippen molar-refractivity contribution in [1.29, 1.82) is 0 Å². The fourth-order valence-electron chi connectivity index (χ4n) is 4.27. The SMILES string of the molecule is CS(=O)(=O)Cc1cc(Nc2cc(NC3CC3)n3nccc3n2)ccc1[C@H]1CCCNC1. The van der Waals surface area contributed by atoms with Crippen molar-refractivity contribution < 1.29 is 8.42 Å². The molecule has 1 saturated carbocycles. The van der Waals surface area contributed by atoms with Gasteiger partial charge in [0.05, 0.1) is 11.9 Å². The van der Waals surface area contributed by atoms with E-state index >= 15 is 0 Å². The van der Waals surface area contributed by atoms with Crippen LogP contribution in [-0.2, 0) is 15.6 Å². The van der Waals surface area contributed by atoms with E-state index in [1.807, 2.05) is 24.3 Å². The zero-order valence-electron chi connectivity index (χ0n) is 17.6. The number of hydrogen-bond acceptors (Lipinski definition) is 7. The first-order chi connectivity index (χ1) is 14.9. The van der Waals surface area contributed by atoms with Gasteiger partial charge < -0.3 is 16.0 Å². The Labute approximate surface area is 182 Å². The van der Waals surface area contributed by atoms with E-state index in [0.29, 0.717) is 17.8 Å². The summed E-state index contributed by atoms with van der Waals surface area (Å²) in [7, 11) is -3.15. The van der Waals surface area contributed by atoms with Crippen LogP contribution in [0, 0.1) is 0 Å². The maximum Gasteiger partial charge on any atom is 0.159 e. The second-order valence-electron chi connectivity index (χ2n) is 8.70. The normalized spacial score (nSPS) is 19.5. The third-order valence-corrected chi connectivity index (χ3v) is 6.69. The molecule has 9 heteroatoms. The summed E-state index contributed by atoms with van der Waals surface area (Å²) < 4.78 is 26.0. The molecule has 0 bridgehead atoms. The van der Waals surface area contributed by atoms with Gasteiger partial charge in [0.2, 0.25) is 0 Å². The summed E-state index contributed by atoms with van der Waals surface area (Å²) >= 11 is 0. The first-order valence-electron chi connectivity index (χ1n) is 10.8. The molecule has 1 atom stereocenters. The maximum atomic E-state index is 12.1. The van der Waals surface area contributed by atoms with E-state index in [-0.39, 0.29) is 5.75 Å². The maximum absolute atomic E-state index is 12.1. The van der Waals surface area contributed by atoms with Gasteiger partial charge in [-0.05, 0) is 61.4 Å². The van der Waals surface area contributed by atoms with E-state index in [4.69, 9.17) is 0 Å². The van der Waals surface area contributed by atoms with E-state index in [9.17, 15) is 8.42 Å². The van der Waals surface area contributed by atoms with E-state index in [0.717, 1.165) is 54.2 Å². The zero-order valence-corrected chi connectivity index (χ0v) is 18.5. The number of benzene rings is 1. The number of piperidine rings is 1. The number of anilines is 3. The lowest BCUT2D eigenvalue weighted by Gasteiger charge is -2.25. The van der Waals surface area contributed by atoms with Gasteiger partial charge in [-0.15, -0.1) is 0 Å². The smallest absolute Gasteiger partial charge is 0.159 e. The Bertz CT molecular complexity index is 1200. The molecule has 0 radical (unpaired) electrons. The van der Waals surface area contributed by atoms with Gasteiger partial charge in [-0.1, -0.05) is 6.07 Å². The van der Waals surface area contributed by atoms with Gasteiger partial charge in [0.1, 0.15) is 11.6 Å². The van der Waals surface area contributed by atoms with E-state index in [1.54, 1.807) is 10.7 Å². The van der Waals surface area contributed by atoms with Gasteiger partial charge in [-0.3, -0.25) is 0 Å². The number of rotatable bonds is 7. The third-order valence-electron chi connectivity index (χ3n) is 5.86. The van der Waals surface area contributed by atoms with Crippen LogP contribution in [0.5, 0.6) is 0 Å². The van der Waals surface area contributed by atoms with Crippen LogP contribution < -0.4 is 16.0 Å². The summed E-state index contributed by atoms with van der Waals surface area (Å²) in [6.45, 7) is 1.91. The summed E-state index contributed by atoms with van der Waals surface area (Å²) in [5, 5.41) is 14.7. The van der Waals surface area contributed by atoms with E-state index in [1.165, 1.54) is 19.1 Å². The Morgan fingerprint density at radius 1 is 1.19 bits per heavy atom. The van der Waals surface area contributed by atoms with Crippen LogP contribution in [0.25, 0.3) is 5.65 Å². The lowest BCUT2D eigenvalue weighted by molar-refractivity contribution is 0.460. The minimum absolute atomic E-state index is 0.0396. The molecule has 164 valence electrons. The van der Waals surface area contributed by atoms with E-state index in [2.05, 4.69) is 32.1 Å². The summed E-state index contributed by atoms with van der Waals surface area (Å²) in [4.78, 5) is 4.66. The standard InChI is InChI=1S/C22H28N6O2S/c1-31(29,30)14-16-11-18(6-7-19(16)15-3-2-9-23-13-15)25-20-12-22(26-17-4-5-17)28-21(27-20)8-10-24-28/h6-8,10-12,15,17,23,26H,2-5,9,13-14H2,1H3,(H,25,27)/t15-/m0/s1. The molecule has 5 rings (SSSR count). The number of nitrogens with zero attached hydrogens (tertiary/aromatic N) is 3. The lowest BCUT2D eigenvalue weighted by Crippen LogP contribution is -2.29. The molecule has 0 unspecified atom stereocenters. The summed E-state index contributed by atoms with van der Waals surface area (Å²) in [5.74, 6) is 1.99. The number of aromatic nitrogens is 3. The third kappa shape index (κ3) is 4.83. The molecule has 2 fully saturated rings. The van der Waals surface area contributed by atoms with Crippen molar-refractivity contribution in [3.63, 3.8) is 0 Å². The van der Waals surface area contributed by atoms with Crippen LogP contribution in [0.15, 0.2) is 36.5 Å². The Hall–Kier alpha value is -2.65.